The number of hydrogen-bond acceptors (Lipinski definition) is 3. The van der Waals surface area contributed by atoms with E-state index in [-0.39, 0.29) is 0 Å². The predicted octanol–water partition coefficient (Wildman–Crippen LogP) is 1.96. The summed E-state index contributed by atoms with van der Waals surface area (Å²) < 4.78 is 0. The molecule has 0 atom stereocenters. The van der Waals surface area contributed by atoms with Gasteiger partial charge in [0.15, 0.2) is 0 Å². The molecule has 0 saturated carbocycles. The summed E-state index contributed by atoms with van der Waals surface area (Å²) in [6, 6.07) is 8.99. The van der Waals surface area contributed by atoms with E-state index in [0.717, 1.165) is 5.92 Å². The van der Waals surface area contributed by atoms with Crippen LogP contribution in [0.5, 0.6) is 0 Å². The van der Waals surface area contributed by atoms with Crippen LogP contribution in [0, 0.1) is 6.92 Å². The van der Waals surface area contributed by atoms with Crippen molar-refractivity contribution in [3.05, 3.63) is 35.4 Å². The van der Waals surface area contributed by atoms with Crippen molar-refractivity contribution in [2.24, 2.45) is 0 Å². The van der Waals surface area contributed by atoms with Crippen molar-refractivity contribution >= 4 is 11.9 Å². The van der Waals surface area contributed by atoms with Crippen LogP contribution in [-0.2, 0) is 9.59 Å². The van der Waals surface area contributed by atoms with Crippen molar-refractivity contribution in [3.63, 3.8) is 0 Å². The van der Waals surface area contributed by atoms with Crippen LogP contribution >= 0.6 is 0 Å². The minimum Gasteiger partial charge on any atom is -0.473 e. The number of likely N-dealkylation sites (tertiary alicyclic amines) is 1. The summed E-state index contributed by atoms with van der Waals surface area (Å²) in [4.78, 5) is 20.6. The monoisotopic (exact) mass is 279 g/mol. The second-order valence-electron chi connectivity index (χ2n) is 5.10. The quantitative estimate of drug-likeness (QED) is 0.768. The Hall–Kier alpha value is -1.88. The van der Waals surface area contributed by atoms with Crippen LogP contribution in [0.4, 0.5) is 0 Å². The average Bonchev–Trinajstić information content (AvgIpc) is 2.40. The first-order chi connectivity index (χ1) is 9.40. The number of hydrogen-bond donors (Lipinski definition) is 2. The normalized spacial score (nSPS) is 16.1. The summed E-state index contributed by atoms with van der Waals surface area (Å²) in [5, 5.41) is 14.8. The maximum Gasteiger partial charge on any atom is 0.414 e. The summed E-state index contributed by atoms with van der Waals surface area (Å²) in [7, 11) is 2.21. The highest BCUT2D eigenvalue weighted by Gasteiger charge is 2.17. The molecule has 1 heterocycles. The first-order valence-electron chi connectivity index (χ1n) is 6.61. The van der Waals surface area contributed by atoms with Crippen molar-refractivity contribution in [2.45, 2.75) is 25.7 Å². The smallest absolute Gasteiger partial charge is 0.414 e. The van der Waals surface area contributed by atoms with Gasteiger partial charge in [-0.25, -0.2) is 9.59 Å². The van der Waals surface area contributed by atoms with E-state index in [4.69, 9.17) is 19.8 Å². The van der Waals surface area contributed by atoms with Crippen molar-refractivity contribution < 1.29 is 19.8 Å². The van der Waals surface area contributed by atoms with Crippen molar-refractivity contribution in [1.82, 2.24) is 4.90 Å². The van der Waals surface area contributed by atoms with E-state index in [1.54, 1.807) is 0 Å². The Morgan fingerprint density at radius 1 is 1.15 bits per heavy atom. The molecule has 5 nitrogen and oxygen atoms in total. The largest absolute Gasteiger partial charge is 0.473 e. The lowest BCUT2D eigenvalue weighted by Gasteiger charge is -2.29. The number of rotatable bonds is 1. The van der Waals surface area contributed by atoms with Gasteiger partial charge in [0.2, 0.25) is 0 Å². The van der Waals surface area contributed by atoms with Crippen LogP contribution in [0.1, 0.15) is 29.9 Å². The molecule has 1 aliphatic rings. The third kappa shape index (κ3) is 5.40. The van der Waals surface area contributed by atoms with Gasteiger partial charge in [-0.2, -0.15) is 0 Å². The van der Waals surface area contributed by atoms with E-state index < -0.39 is 11.9 Å². The summed E-state index contributed by atoms with van der Waals surface area (Å²) in [6.07, 6.45) is 2.64. The lowest BCUT2D eigenvalue weighted by Crippen LogP contribution is -2.29. The fourth-order valence-corrected chi connectivity index (χ4v) is 2.27. The Kier molecular flexibility index (Phi) is 6.18. The maximum atomic E-state index is 9.10. The van der Waals surface area contributed by atoms with E-state index in [9.17, 15) is 0 Å². The second-order valence-corrected chi connectivity index (χ2v) is 5.10. The maximum absolute atomic E-state index is 9.10. The molecule has 0 amide bonds. The standard InChI is InChI=1S/C13H19N.C2H2O4/c1-11-4-3-5-13(10-11)12-6-8-14(2)9-7-12;3-1(4)2(5)6/h3-5,10,12H,6-9H2,1-2H3;(H,3,4)(H,5,6). The van der Waals surface area contributed by atoms with Crippen molar-refractivity contribution in [1.29, 1.82) is 0 Å². The predicted molar refractivity (Wildman–Crippen MR) is 75.9 cm³/mol. The van der Waals surface area contributed by atoms with Gasteiger partial charge >= 0.3 is 11.9 Å². The van der Waals surface area contributed by atoms with Crippen LogP contribution in [0.3, 0.4) is 0 Å². The molecule has 1 aromatic rings. The van der Waals surface area contributed by atoms with E-state index in [1.165, 1.54) is 37.1 Å². The van der Waals surface area contributed by atoms with E-state index >= 15 is 0 Å². The summed E-state index contributed by atoms with van der Waals surface area (Å²) in [5.74, 6) is -2.85. The second kappa shape index (κ2) is 7.65. The Bertz CT molecular complexity index is 453. The van der Waals surface area contributed by atoms with Gasteiger partial charge in [0.1, 0.15) is 0 Å². The summed E-state index contributed by atoms with van der Waals surface area (Å²) >= 11 is 0. The minimum atomic E-state index is -1.82. The van der Waals surface area contributed by atoms with Gasteiger partial charge in [0.25, 0.3) is 0 Å². The molecule has 0 spiro atoms. The van der Waals surface area contributed by atoms with Gasteiger partial charge in [-0.05, 0) is 51.4 Å². The molecule has 1 aromatic carbocycles. The molecular weight excluding hydrogens is 258 g/mol. The number of piperidine rings is 1. The molecule has 0 radical (unpaired) electrons. The minimum absolute atomic E-state index is 0.797. The number of carboxylic acids is 2. The molecule has 0 unspecified atom stereocenters. The first-order valence-corrected chi connectivity index (χ1v) is 6.61. The topological polar surface area (TPSA) is 77.8 Å². The highest BCUT2D eigenvalue weighted by molar-refractivity contribution is 6.27. The highest BCUT2D eigenvalue weighted by atomic mass is 16.4. The number of nitrogens with zero attached hydrogens (tertiary/aromatic N) is 1. The average molecular weight is 279 g/mol. The van der Waals surface area contributed by atoms with Gasteiger partial charge < -0.3 is 15.1 Å². The molecule has 1 aliphatic heterocycles. The van der Waals surface area contributed by atoms with Gasteiger partial charge in [0.05, 0.1) is 0 Å². The van der Waals surface area contributed by atoms with E-state index in [2.05, 4.69) is 43.1 Å². The molecule has 1 saturated heterocycles. The molecular formula is C15H21NO4. The Balaban J connectivity index is 0.000000286. The fraction of sp³-hybridized carbons (Fsp3) is 0.467. The van der Waals surface area contributed by atoms with Crippen LogP contribution in [0.15, 0.2) is 24.3 Å². The zero-order valence-electron chi connectivity index (χ0n) is 11.9. The van der Waals surface area contributed by atoms with Crippen LogP contribution in [0.25, 0.3) is 0 Å². The van der Waals surface area contributed by atoms with E-state index in [0.29, 0.717) is 0 Å². The lowest BCUT2D eigenvalue weighted by molar-refractivity contribution is -0.159. The number of aryl methyl sites for hydroxylation is 1. The number of carboxylic acid groups (broad SMARTS) is 2. The summed E-state index contributed by atoms with van der Waals surface area (Å²) in [6.45, 7) is 4.68. The molecule has 0 bridgehead atoms. The van der Waals surface area contributed by atoms with Gasteiger partial charge in [-0.1, -0.05) is 29.8 Å². The van der Waals surface area contributed by atoms with Crippen molar-refractivity contribution in [3.8, 4) is 0 Å². The van der Waals surface area contributed by atoms with Crippen LogP contribution in [-0.4, -0.2) is 47.2 Å². The molecule has 0 aromatic heterocycles. The molecule has 5 heteroatoms. The van der Waals surface area contributed by atoms with Crippen LogP contribution in [0.2, 0.25) is 0 Å². The molecule has 0 aliphatic carbocycles. The third-order valence-corrected chi connectivity index (χ3v) is 3.42. The molecule has 110 valence electrons. The summed E-state index contributed by atoms with van der Waals surface area (Å²) in [5.41, 5.74) is 2.93. The zero-order chi connectivity index (χ0) is 15.1. The Morgan fingerprint density at radius 2 is 1.70 bits per heavy atom. The van der Waals surface area contributed by atoms with Crippen molar-refractivity contribution in [2.75, 3.05) is 20.1 Å². The third-order valence-electron chi connectivity index (χ3n) is 3.42. The SMILES string of the molecule is Cc1cccc(C2CCN(C)CC2)c1.O=C(O)C(=O)O. The van der Waals surface area contributed by atoms with Crippen LogP contribution < -0.4 is 0 Å². The van der Waals surface area contributed by atoms with Gasteiger partial charge in [-0.15, -0.1) is 0 Å². The molecule has 1 fully saturated rings. The number of aliphatic carboxylic acids is 2. The van der Waals surface area contributed by atoms with E-state index in [1.807, 2.05) is 0 Å². The lowest BCUT2D eigenvalue weighted by atomic mass is 9.89. The Labute approximate surface area is 118 Å². The molecule has 20 heavy (non-hydrogen) atoms. The number of carbonyl (C=O) groups is 2. The Morgan fingerprint density at radius 3 is 2.15 bits per heavy atom. The fourth-order valence-electron chi connectivity index (χ4n) is 2.27. The molecule has 2 rings (SSSR count). The van der Waals surface area contributed by atoms with Gasteiger partial charge in [-0.3, -0.25) is 0 Å². The number of benzene rings is 1. The first kappa shape index (κ1) is 16.2. The molecule has 2 N–H and O–H groups in total. The highest BCUT2D eigenvalue weighted by Crippen LogP contribution is 2.27. The zero-order valence-corrected chi connectivity index (χ0v) is 11.9. The van der Waals surface area contributed by atoms with Gasteiger partial charge in [0, 0.05) is 0 Å².